The van der Waals surface area contributed by atoms with E-state index in [1.54, 1.807) is 6.07 Å². The van der Waals surface area contributed by atoms with Crippen molar-refractivity contribution in [1.82, 2.24) is 10.0 Å². The largest absolute Gasteiger partial charge is 0.312 e. The van der Waals surface area contributed by atoms with E-state index >= 15 is 0 Å². The van der Waals surface area contributed by atoms with Gasteiger partial charge in [-0.2, -0.15) is 0 Å². The topological polar surface area (TPSA) is 58.2 Å². The third kappa shape index (κ3) is 3.33. The fourth-order valence-electron chi connectivity index (χ4n) is 1.73. The van der Waals surface area contributed by atoms with Gasteiger partial charge in [-0.3, -0.25) is 0 Å². The molecule has 0 atom stereocenters. The van der Waals surface area contributed by atoms with Gasteiger partial charge in [0.15, 0.2) is 0 Å². The molecule has 18 heavy (non-hydrogen) atoms. The molecule has 0 bridgehead atoms. The lowest BCUT2D eigenvalue weighted by Gasteiger charge is -2.25. The van der Waals surface area contributed by atoms with Crippen LogP contribution in [0.4, 0.5) is 0 Å². The van der Waals surface area contributed by atoms with Gasteiger partial charge >= 0.3 is 0 Å². The minimum Gasteiger partial charge on any atom is -0.312 e. The summed E-state index contributed by atoms with van der Waals surface area (Å²) in [6, 6.07) is 1.87. The monoisotopic (exact) mass is 352 g/mol. The Morgan fingerprint density at radius 1 is 1.50 bits per heavy atom. The molecule has 1 heterocycles. The first-order valence-electron chi connectivity index (χ1n) is 6.04. The Hall–Kier alpha value is 0.0500. The zero-order chi connectivity index (χ0) is 13.2. The van der Waals surface area contributed by atoms with Gasteiger partial charge < -0.3 is 5.32 Å². The predicted octanol–water partition coefficient (Wildman–Crippen LogP) is 2.45. The number of nitrogens with one attached hydrogen (secondary N) is 2. The van der Waals surface area contributed by atoms with Crippen molar-refractivity contribution in [3.8, 4) is 0 Å². The van der Waals surface area contributed by atoms with Gasteiger partial charge in [0.2, 0.25) is 10.0 Å². The highest BCUT2D eigenvalue weighted by Gasteiger charge is 2.27. The lowest BCUT2D eigenvalue weighted by Crippen LogP contribution is -2.39. The first-order chi connectivity index (χ1) is 8.53. The molecule has 0 aliphatic heterocycles. The Labute approximate surface area is 120 Å². The molecule has 2 N–H and O–H groups in total. The van der Waals surface area contributed by atoms with E-state index in [1.807, 2.05) is 6.92 Å². The lowest BCUT2D eigenvalue weighted by molar-refractivity contribution is 0.383. The van der Waals surface area contributed by atoms with Crippen LogP contribution in [-0.2, 0) is 16.6 Å². The number of halogens is 1. The van der Waals surface area contributed by atoms with Gasteiger partial charge in [-0.25, -0.2) is 13.1 Å². The summed E-state index contributed by atoms with van der Waals surface area (Å²) >= 11 is 4.82. The quantitative estimate of drug-likeness (QED) is 0.826. The summed E-state index contributed by atoms with van der Waals surface area (Å²) in [5.74, 6) is 0. The van der Waals surface area contributed by atoms with Crippen LogP contribution in [0.3, 0.4) is 0 Å². The molecule has 1 aromatic heterocycles. The maximum absolute atomic E-state index is 12.2. The Morgan fingerprint density at radius 3 is 2.78 bits per heavy atom. The average Bonchev–Trinajstić information content (AvgIpc) is 2.63. The van der Waals surface area contributed by atoms with Crippen molar-refractivity contribution in [3.63, 3.8) is 0 Å². The highest BCUT2D eigenvalue weighted by molar-refractivity contribution is 9.11. The SMILES string of the molecule is CCNCc1cc(S(=O)(=O)NC2CCC2)c(Br)s1. The average molecular weight is 353 g/mol. The van der Waals surface area contributed by atoms with E-state index in [-0.39, 0.29) is 6.04 Å². The van der Waals surface area contributed by atoms with E-state index in [9.17, 15) is 8.42 Å². The molecule has 0 unspecified atom stereocenters. The Bertz CT molecular complexity index is 509. The molecule has 0 spiro atoms. The summed E-state index contributed by atoms with van der Waals surface area (Å²) in [4.78, 5) is 1.39. The second-order valence-corrected chi connectivity index (χ2v) is 8.52. The van der Waals surface area contributed by atoms with Crippen molar-refractivity contribution in [2.45, 2.75) is 43.7 Å². The molecule has 2 rings (SSSR count). The van der Waals surface area contributed by atoms with Crippen LogP contribution in [0.5, 0.6) is 0 Å². The highest BCUT2D eigenvalue weighted by atomic mass is 79.9. The molecule has 7 heteroatoms. The van der Waals surface area contributed by atoms with E-state index < -0.39 is 10.0 Å². The van der Waals surface area contributed by atoms with Gasteiger partial charge in [-0.15, -0.1) is 11.3 Å². The van der Waals surface area contributed by atoms with Gasteiger partial charge in [0.1, 0.15) is 4.90 Å². The zero-order valence-electron chi connectivity index (χ0n) is 10.2. The van der Waals surface area contributed by atoms with Crippen molar-refractivity contribution in [2.75, 3.05) is 6.54 Å². The van der Waals surface area contributed by atoms with E-state index in [2.05, 4.69) is 26.0 Å². The Balaban J connectivity index is 2.13. The number of rotatable bonds is 6. The second-order valence-electron chi connectivity index (χ2n) is 4.38. The zero-order valence-corrected chi connectivity index (χ0v) is 13.4. The van der Waals surface area contributed by atoms with E-state index in [1.165, 1.54) is 11.3 Å². The molecule has 1 aromatic rings. The lowest BCUT2D eigenvalue weighted by atomic mass is 9.94. The maximum Gasteiger partial charge on any atom is 0.242 e. The molecule has 1 aliphatic carbocycles. The van der Waals surface area contributed by atoms with E-state index in [0.29, 0.717) is 15.2 Å². The van der Waals surface area contributed by atoms with Crippen LogP contribution in [0, 0.1) is 0 Å². The smallest absolute Gasteiger partial charge is 0.242 e. The fraction of sp³-hybridized carbons (Fsp3) is 0.636. The van der Waals surface area contributed by atoms with Crippen LogP contribution in [0.25, 0.3) is 0 Å². The maximum atomic E-state index is 12.2. The van der Waals surface area contributed by atoms with Gasteiger partial charge in [0, 0.05) is 17.5 Å². The summed E-state index contributed by atoms with van der Waals surface area (Å²) in [5.41, 5.74) is 0. The summed E-state index contributed by atoms with van der Waals surface area (Å²) in [5, 5.41) is 3.19. The van der Waals surface area contributed by atoms with Crippen LogP contribution >= 0.6 is 27.3 Å². The molecule has 0 amide bonds. The molecule has 1 aliphatic rings. The van der Waals surface area contributed by atoms with Gasteiger partial charge in [-0.05, 0) is 41.4 Å². The standard InChI is InChI=1S/C11H17BrN2O2S2/c1-2-13-7-9-6-10(11(12)17-9)18(15,16)14-8-4-3-5-8/h6,8,13-14H,2-5,7H2,1H3. The van der Waals surface area contributed by atoms with Gasteiger partial charge in [0.05, 0.1) is 3.79 Å². The molecular formula is C11H17BrN2O2S2. The summed E-state index contributed by atoms with van der Waals surface area (Å²) in [6.45, 7) is 3.61. The summed E-state index contributed by atoms with van der Waals surface area (Å²) in [6.07, 6.45) is 3.01. The highest BCUT2D eigenvalue weighted by Crippen LogP contribution is 2.32. The Morgan fingerprint density at radius 2 is 2.22 bits per heavy atom. The summed E-state index contributed by atoms with van der Waals surface area (Å²) < 4.78 is 27.8. The molecule has 1 fully saturated rings. The molecular weight excluding hydrogens is 336 g/mol. The molecule has 0 radical (unpaired) electrons. The van der Waals surface area contributed by atoms with Crippen molar-refractivity contribution < 1.29 is 8.42 Å². The first-order valence-corrected chi connectivity index (χ1v) is 9.13. The predicted molar refractivity (Wildman–Crippen MR) is 77.4 cm³/mol. The minimum atomic E-state index is -3.37. The van der Waals surface area contributed by atoms with E-state index in [4.69, 9.17) is 0 Å². The minimum absolute atomic E-state index is 0.124. The fourth-order valence-corrected chi connectivity index (χ4v) is 5.68. The Kier molecular flexibility index (Phi) is 4.82. The van der Waals surface area contributed by atoms with Gasteiger partial charge in [0.25, 0.3) is 0 Å². The second kappa shape index (κ2) is 6.00. The number of thiophene rings is 1. The van der Waals surface area contributed by atoms with Crippen molar-refractivity contribution in [1.29, 1.82) is 0 Å². The van der Waals surface area contributed by atoms with Crippen LogP contribution in [-0.4, -0.2) is 21.0 Å². The van der Waals surface area contributed by atoms with Gasteiger partial charge in [-0.1, -0.05) is 13.3 Å². The normalized spacial score (nSPS) is 16.8. The molecule has 0 saturated heterocycles. The van der Waals surface area contributed by atoms with Crippen molar-refractivity contribution in [3.05, 3.63) is 14.7 Å². The molecule has 1 saturated carbocycles. The van der Waals surface area contributed by atoms with E-state index in [0.717, 1.165) is 30.7 Å². The van der Waals surface area contributed by atoms with Crippen LogP contribution < -0.4 is 10.0 Å². The van der Waals surface area contributed by atoms with Crippen LogP contribution in [0.2, 0.25) is 0 Å². The molecule has 102 valence electrons. The number of hydrogen-bond acceptors (Lipinski definition) is 4. The third-order valence-corrected chi connectivity index (χ3v) is 6.74. The third-order valence-electron chi connectivity index (χ3n) is 2.97. The molecule has 4 nitrogen and oxygen atoms in total. The van der Waals surface area contributed by atoms with Crippen molar-refractivity contribution in [2.24, 2.45) is 0 Å². The molecule has 0 aromatic carbocycles. The van der Waals surface area contributed by atoms with Crippen LogP contribution in [0.15, 0.2) is 14.7 Å². The summed E-state index contributed by atoms with van der Waals surface area (Å²) in [7, 11) is -3.37. The van der Waals surface area contributed by atoms with Crippen molar-refractivity contribution >= 4 is 37.3 Å². The van der Waals surface area contributed by atoms with Crippen LogP contribution in [0.1, 0.15) is 31.1 Å². The number of hydrogen-bond donors (Lipinski definition) is 2. The number of sulfonamides is 1. The first kappa shape index (κ1) is 14.5.